The third-order valence-corrected chi connectivity index (χ3v) is 3.09. The van der Waals surface area contributed by atoms with Gasteiger partial charge in [-0.05, 0) is 39.4 Å². The van der Waals surface area contributed by atoms with E-state index in [-0.39, 0.29) is 5.24 Å². The van der Waals surface area contributed by atoms with Crippen LogP contribution < -0.4 is 0 Å². The molecule has 1 rings (SSSR count). The highest BCUT2D eigenvalue weighted by atomic mass is 32.2. The summed E-state index contributed by atoms with van der Waals surface area (Å²) in [6, 6.07) is 0.617. The van der Waals surface area contributed by atoms with Gasteiger partial charge in [-0.1, -0.05) is 23.9 Å². The summed E-state index contributed by atoms with van der Waals surface area (Å²) in [4.78, 5) is 13.7. The molecule has 1 aliphatic carbocycles. The summed E-state index contributed by atoms with van der Waals surface area (Å²) in [5.74, 6) is 0. The van der Waals surface area contributed by atoms with Crippen molar-refractivity contribution in [3.63, 3.8) is 0 Å². The monoisotopic (exact) mass is 213 g/mol. The molecule has 80 valence electrons. The van der Waals surface area contributed by atoms with Crippen LogP contribution in [0.1, 0.15) is 33.1 Å². The Kier molecular flexibility index (Phi) is 4.52. The molecule has 0 spiro atoms. The summed E-state index contributed by atoms with van der Waals surface area (Å²) in [5, 5.41) is 0.191. The summed E-state index contributed by atoms with van der Waals surface area (Å²) in [7, 11) is 0. The Balaban J connectivity index is 2.70. The topological polar surface area (TPSA) is 20.3 Å². The fraction of sp³-hybridized carbons (Fsp3) is 0.727. The fourth-order valence-corrected chi connectivity index (χ4v) is 2.42. The van der Waals surface area contributed by atoms with Crippen LogP contribution in [0.4, 0.5) is 4.79 Å². The van der Waals surface area contributed by atoms with E-state index in [4.69, 9.17) is 0 Å². The van der Waals surface area contributed by atoms with E-state index in [1.165, 1.54) is 18.2 Å². The summed E-state index contributed by atoms with van der Waals surface area (Å²) in [6.07, 6.45) is 9.70. The molecule has 0 saturated carbocycles. The molecule has 0 saturated heterocycles. The van der Waals surface area contributed by atoms with Gasteiger partial charge in [-0.25, -0.2) is 0 Å². The van der Waals surface area contributed by atoms with Gasteiger partial charge in [-0.15, -0.1) is 0 Å². The first kappa shape index (κ1) is 11.6. The average molecular weight is 213 g/mol. The molecule has 1 amide bonds. The molecule has 0 fully saturated rings. The Morgan fingerprint density at radius 2 is 2.29 bits per heavy atom. The first-order valence-corrected chi connectivity index (χ1v) is 6.42. The number of amides is 1. The lowest BCUT2D eigenvalue weighted by Crippen LogP contribution is -2.42. The van der Waals surface area contributed by atoms with Gasteiger partial charge >= 0.3 is 0 Å². The van der Waals surface area contributed by atoms with Gasteiger partial charge in [0.15, 0.2) is 0 Å². The van der Waals surface area contributed by atoms with Crippen LogP contribution in [0.15, 0.2) is 12.2 Å². The highest BCUT2D eigenvalue weighted by Gasteiger charge is 2.24. The smallest absolute Gasteiger partial charge is 0.282 e. The van der Waals surface area contributed by atoms with E-state index in [1.807, 2.05) is 11.2 Å². The summed E-state index contributed by atoms with van der Waals surface area (Å²) in [5.41, 5.74) is 0. The molecule has 1 aliphatic rings. The maximum absolute atomic E-state index is 11.7. The van der Waals surface area contributed by atoms with E-state index < -0.39 is 0 Å². The SMILES string of the molecule is CSC(=O)N(C(C)C)C1C=CCCC1. The van der Waals surface area contributed by atoms with E-state index >= 15 is 0 Å². The van der Waals surface area contributed by atoms with Gasteiger partial charge in [0, 0.05) is 6.04 Å². The summed E-state index contributed by atoms with van der Waals surface area (Å²) < 4.78 is 0. The van der Waals surface area contributed by atoms with Gasteiger partial charge in [-0.2, -0.15) is 0 Å². The minimum absolute atomic E-state index is 0.191. The van der Waals surface area contributed by atoms with Crippen molar-refractivity contribution >= 4 is 17.0 Å². The van der Waals surface area contributed by atoms with Crippen molar-refractivity contribution in [2.75, 3.05) is 6.26 Å². The van der Waals surface area contributed by atoms with E-state index in [9.17, 15) is 4.79 Å². The number of hydrogen-bond donors (Lipinski definition) is 0. The van der Waals surface area contributed by atoms with Crippen molar-refractivity contribution < 1.29 is 4.79 Å². The zero-order chi connectivity index (χ0) is 10.6. The molecule has 14 heavy (non-hydrogen) atoms. The van der Waals surface area contributed by atoms with E-state index in [1.54, 1.807) is 0 Å². The molecule has 0 heterocycles. The molecule has 0 N–H and O–H groups in total. The highest BCUT2D eigenvalue weighted by molar-refractivity contribution is 8.12. The minimum atomic E-state index is 0.191. The normalized spacial score (nSPS) is 21.3. The van der Waals surface area contributed by atoms with Crippen LogP contribution in [-0.4, -0.2) is 28.5 Å². The third-order valence-electron chi connectivity index (χ3n) is 2.53. The van der Waals surface area contributed by atoms with Crippen molar-refractivity contribution in [1.29, 1.82) is 0 Å². The van der Waals surface area contributed by atoms with Gasteiger partial charge < -0.3 is 4.90 Å². The van der Waals surface area contributed by atoms with E-state index in [0.717, 1.165) is 12.8 Å². The zero-order valence-corrected chi connectivity index (χ0v) is 10.0. The maximum atomic E-state index is 11.7. The Morgan fingerprint density at radius 3 is 2.71 bits per heavy atom. The second-order valence-electron chi connectivity index (χ2n) is 3.90. The molecule has 0 bridgehead atoms. The predicted molar refractivity (Wildman–Crippen MR) is 62.7 cm³/mol. The van der Waals surface area contributed by atoms with Crippen molar-refractivity contribution in [2.24, 2.45) is 0 Å². The first-order valence-electron chi connectivity index (χ1n) is 5.19. The predicted octanol–water partition coefficient (Wildman–Crippen LogP) is 3.29. The lowest BCUT2D eigenvalue weighted by atomic mass is 10.0. The van der Waals surface area contributed by atoms with Crippen molar-refractivity contribution in [1.82, 2.24) is 4.90 Å². The third kappa shape index (κ3) is 2.77. The average Bonchev–Trinajstić information content (AvgIpc) is 2.19. The molecule has 0 radical (unpaired) electrons. The molecule has 0 aromatic carbocycles. The number of rotatable bonds is 2. The van der Waals surface area contributed by atoms with Gasteiger partial charge in [-0.3, -0.25) is 4.79 Å². The number of allylic oxidation sites excluding steroid dienone is 1. The number of carbonyl (C=O) groups is 1. The summed E-state index contributed by atoms with van der Waals surface area (Å²) in [6.45, 7) is 4.16. The second kappa shape index (κ2) is 5.44. The Morgan fingerprint density at radius 1 is 1.57 bits per heavy atom. The van der Waals surface area contributed by atoms with Crippen LogP contribution in [0.5, 0.6) is 0 Å². The van der Waals surface area contributed by atoms with Crippen molar-refractivity contribution in [3.05, 3.63) is 12.2 Å². The molecule has 1 atom stereocenters. The quantitative estimate of drug-likeness (QED) is 0.656. The van der Waals surface area contributed by atoms with Crippen LogP contribution >= 0.6 is 11.8 Å². The zero-order valence-electron chi connectivity index (χ0n) is 9.19. The van der Waals surface area contributed by atoms with E-state index in [0.29, 0.717) is 12.1 Å². The number of carbonyl (C=O) groups excluding carboxylic acids is 1. The molecule has 2 nitrogen and oxygen atoms in total. The molecular weight excluding hydrogens is 194 g/mol. The largest absolute Gasteiger partial charge is 0.325 e. The number of nitrogens with zero attached hydrogens (tertiary/aromatic N) is 1. The Labute approximate surface area is 90.7 Å². The standard InChI is InChI=1S/C11H19NOS/c1-9(2)12(11(13)14-3)10-7-5-4-6-8-10/h5,7,9-10H,4,6,8H2,1-3H3. The van der Waals surface area contributed by atoms with E-state index in [2.05, 4.69) is 26.0 Å². The number of thioether (sulfide) groups is 1. The molecule has 1 unspecified atom stereocenters. The Hall–Kier alpha value is -0.440. The lowest BCUT2D eigenvalue weighted by molar-refractivity contribution is 0.187. The second-order valence-corrected chi connectivity index (χ2v) is 4.65. The minimum Gasteiger partial charge on any atom is -0.325 e. The maximum Gasteiger partial charge on any atom is 0.282 e. The summed E-state index contributed by atoms with van der Waals surface area (Å²) >= 11 is 1.31. The molecule has 0 aromatic rings. The lowest BCUT2D eigenvalue weighted by Gasteiger charge is -2.34. The molecule has 0 aliphatic heterocycles. The van der Waals surface area contributed by atoms with Crippen LogP contribution in [0.2, 0.25) is 0 Å². The first-order chi connectivity index (χ1) is 6.66. The number of hydrogen-bond acceptors (Lipinski definition) is 2. The molecule has 3 heteroatoms. The van der Waals surface area contributed by atoms with Crippen LogP contribution in [0, 0.1) is 0 Å². The Bertz CT molecular complexity index is 225. The van der Waals surface area contributed by atoms with Crippen molar-refractivity contribution in [3.8, 4) is 0 Å². The van der Waals surface area contributed by atoms with Crippen LogP contribution in [-0.2, 0) is 0 Å². The molecule has 0 aromatic heterocycles. The van der Waals surface area contributed by atoms with Gasteiger partial charge in [0.05, 0.1) is 6.04 Å². The molecular formula is C11H19NOS. The van der Waals surface area contributed by atoms with Gasteiger partial charge in [0.2, 0.25) is 0 Å². The fourth-order valence-electron chi connectivity index (χ4n) is 1.86. The van der Waals surface area contributed by atoms with Crippen LogP contribution in [0.3, 0.4) is 0 Å². The van der Waals surface area contributed by atoms with Crippen molar-refractivity contribution in [2.45, 2.75) is 45.2 Å². The highest BCUT2D eigenvalue weighted by Crippen LogP contribution is 2.21. The van der Waals surface area contributed by atoms with Crippen LogP contribution in [0.25, 0.3) is 0 Å². The van der Waals surface area contributed by atoms with Gasteiger partial charge in [0.25, 0.3) is 5.24 Å². The van der Waals surface area contributed by atoms with Gasteiger partial charge in [0.1, 0.15) is 0 Å².